The summed E-state index contributed by atoms with van der Waals surface area (Å²) in [6, 6.07) is 4.59. The minimum absolute atomic E-state index is 0. The van der Waals surface area contributed by atoms with Gasteiger partial charge in [0.15, 0.2) is 11.5 Å². The van der Waals surface area contributed by atoms with Gasteiger partial charge in [-0.2, -0.15) is 0 Å². The molecule has 0 bridgehead atoms. The summed E-state index contributed by atoms with van der Waals surface area (Å²) in [5, 5.41) is 0. The molecular formula is C15H24BrClN2O2. The highest BCUT2D eigenvalue weighted by Gasteiger charge is 2.28. The van der Waals surface area contributed by atoms with Crippen LogP contribution in [-0.4, -0.2) is 38.3 Å². The summed E-state index contributed by atoms with van der Waals surface area (Å²) in [6.07, 6.45) is 1.18. The van der Waals surface area contributed by atoms with Crippen LogP contribution in [0.5, 0.6) is 11.5 Å². The highest BCUT2D eigenvalue weighted by Crippen LogP contribution is 2.35. The molecule has 0 radical (unpaired) electrons. The Kier molecular flexibility index (Phi) is 7.27. The Labute approximate surface area is 141 Å². The molecule has 4 nitrogen and oxygen atoms in total. The highest BCUT2D eigenvalue weighted by atomic mass is 79.9. The molecule has 1 aliphatic heterocycles. The van der Waals surface area contributed by atoms with Crippen LogP contribution in [0.1, 0.15) is 18.9 Å². The highest BCUT2D eigenvalue weighted by molar-refractivity contribution is 9.10. The van der Waals surface area contributed by atoms with Gasteiger partial charge in [-0.1, -0.05) is 15.9 Å². The molecule has 2 rings (SSSR count). The summed E-state index contributed by atoms with van der Waals surface area (Å²) in [5.41, 5.74) is 7.01. The number of halogens is 2. The van der Waals surface area contributed by atoms with E-state index >= 15 is 0 Å². The van der Waals surface area contributed by atoms with Crippen molar-refractivity contribution >= 4 is 28.3 Å². The number of methoxy groups -OCH3 is 2. The number of hydrogen-bond acceptors (Lipinski definition) is 4. The molecule has 2 unspecified atom stereocenters. The zero-order valence-electron chi connectivity index (χ0n) is 12.8. The maximum Gasteiger partial charge on any atom is 0.161 e. The van der Waals surface area contributed by atoms with Crippen molar-refractivity contribution in [2.24, 2.45) is 11.7 Å². The van der Waals surface area contributed by atoms with Gasteiger partial charge in [0.2, 0.25) is 0 Å². The van der Waals surface area contributed by atoms with E-state index in [4.69, 9.17) is 15.2 Å². The molecule has 1 fully saturated rings. The van der Waals surface area contributed by atoms with Crippen LogP contribution in [0.25, 0.3) is 0 Å². The molecule has 0 spiro atoms. The van der Waals surface area contributed by atoms with E-state index in [1.165, 1.54) is 12.0 Å². The lowest BCUT2D eigenvalue weighted by Gasteiger charge is -2.22. The monoisotopic (exact) mass is 378 g/mol. The second-order valence-electron chi connectivity index (χ2n) is 5.41. The van der Waals surface area contributed by atoms with E-state index in [2.05, 4.69) is 27.8 Å². The third-order valence-electron chi connectivity index (χ3n) is 4.05. The summed E-state index contributed by atoms with van der Waals surface area (Å²) >= 11 is 3.62. The van der Waals surface area contributed by atoms with Crippen LogP contribution in [0, 0.1) is 5.92 Å². The molecule has 0 aromatic heterocycles. The van der Waals surface area contributed by atoms with Crippen molar-refractivity contribution in [1.82, 2.24) is 4.90 Å². The third kappa shape index (κ3) is 4.25. The number of nitrogens with two attached hydrogens (primary N) is 1. The predicted octanol–water partition coefficient (Wildman–Crippen LogP) is 3.06. The van der Waals surface area contributed by atoms with Crippen LogP contribution >= 0.6 is 28.3 Å². The Morgan fingerprint density at radius 1 is 1.29 bits per heavy atom. The lowest BCUT2D eigenvalue weighted by molar-refractivity contribution is 0.254. The Morgan fingerprint density at radius 3 is 2.43 bits per heavy atom. The first kappa shape index (κ1) is 18.6. The van der Waals surface area contributed by atoms with Crippen LogP contribution in [0.2, 0.25) is 0 Å². The van der Waals surface area contributed by atoms with Gasteiger partial charge in [0.1, 0.15) is 0 Å². The molecule has 1 aromatic carbocycles. The Morgan fingerprint density at radius 2 is 1.90 bits per heavy atom. The van der Waals surface area contributed by atoms with Crippen LogP contribution in [0.15, 0.2) is 16.6 Å². The smallest absolute Gasteiger partial charge is 0.161 e. The predicted molar refractivity (Wildman–Crippen MR) is 91.5 cm³/mol. The Hall–Kier alpha value is -0.490. The minimum atomic E-state index is 0. The standard InChI is InChI=1S/C15H23BrN2O2.ClH/c1-10-4-11(7-17)8-18(10)9-12-5-14(19-2)15(20-3)6-13(12)16;/h5-6,10-11H,4,7-9,17H2,1-3H3;1H. The van der Waals surface area contributed by atoms with Gasteiger partial charge in [-0.3, -0.25) is 4.90 Å². The number of benzene rings is 1. The van der Waals surface area contributed by atoms with Crippen molar-refractivity contribution < 1.29 is 9.47 Å². The fraction of sp³-hybridized carbons (Fsp3) is 0.600. The first-order valence-electron chi connectivity index (χ1n) is 6.93. The average molecular weight is 380 g/mol. The van der Waals surface area contributed by atoms with E-state index in [1.54, 1.807) is 14.2 Å². The molecule has 0 amide bonds. The Bertz CT molecular complexity index is 473. The molecule has 1 saturated heterocycles. The lowest BCUT2D eigenvalue weighted by Crippen LogP contribution is -2.27. The van der Waals surface area contributed by atoms with E-state index in [-0.39, 0.29) is 12.4 Å². The topological polar surface area (TPSA) is 47.7 Å². The van der Waals surface area contributed by atoms with Gasteiger partial charge < -0.3 is 15.2 Å². The molecule has 0 aliphatic carbocycles. The van der Waals surface area contributed by atoms with Gasteiger partial charge in [0, 0.05) is 23.6 Å². The molecule has 0 saturated carbocycles. The zero-order valence-corrected chi connectivity index (χ0v) is 15.2. The summed E-state index contributed by atoms with van der Waals surface area (Å²) in [6.45, 7) is 5.01. The first-order chi connectivity index (χ1) is 9.58. The largest absolute Gasteiger partial charge is 0.493 e. The average Bonchev–Trinajstić information content (AvgIpc) is 2.81. The van der Waals surface area contributed by atoms with Gasteiger partial charge in [-0.25, -0.2) is 0 Å². The van der Waals surface area contributed by atoms with Crippen molar-refractivity contribution in [3.05, 3.63) is 22.2 Å². The van der Waals surface area contributed by atoms with Crippen LogP contribution < -0.4 is 15.2 Å². The molecule has 120 valence electrons. The summed E-state index contributed by atoms with van der Waals surface area (Å²) in [4.78, 5) is 2.48. The number of likely N-dealkylation sites (tertiary alicyclic amines) is 1. The van der Waals surface area contributed by atoms with Crippen molar-refractivity contribution in [1.29, 1.82) is 0 Å². The Balaban J connectivity index is 0.00000220. The van der Waals surface area contributed by atoms with Gasteiger partial charge in [-0.15, -0.1) is 12.4 Å². The van der Waals surface area contributed by atoms with E-state index in [0.717, 1.165) is 35.6 Å². The fourth-order valence-corrected chi connectivity index (χ4v) is 3.29. The molecule has 1 heterocycles. The SMILES string of the molecule is COc1cc(Br)c(CN2CC(CN)CC2C)cc1OC.Cl. The lowest BCUT2D eigenvalue weighted by atomic mass is 10.1. The summed E-state index contributed by atoms with van der Waals surface area (Å²) in [5.74, 6) is 2.13. The van der Waals surface area contributed by atoms with E-state index in [1.807, 2.05) is 12.1 Å². The molecular weight excluding hydrogens is 356 g/mol. The van der Waals surface area contributed by atoms with Gasteiger partial charge >= 0.3 is 0 Å². The van der Waals surface area contributed by atoms with E-state index in [9.17, 15) is 0 Å². The fourth-order valence-electron chi connectivity index (χ4n) is 2.84. The van der Waals surface area contributed by atoms with Crippen molar-refractivity contribution in [2.45, 2.75) is 25.9 Å². The van der Waals surface area contributed by atoms with E-state index < -0.39 is 0 Å². The van der Waals surface area contributed by atoms with Crippen LogP contribution in [0.3, 0.4) is 0 Å². The maximum atomic E-state index is 5.79. The quantitative estimate of drug-likeness (QED) is 0.854. The van der Waals surface area contributed by atoms with Crippen molar-refractivity contribution in [3.8, 4) is 11.5 Å². The van der Waals surface area contributed by atoms with Crippen molar-refractivity contribution in [3.63, 3.8) is 0 Å². The third-order valence-corrected chi connectivity index (χ3v) is 4.79. The first-order valence-corrected chi connectivity index (χ1v) is 7.72. The molecule has 2 atom stereocenters. The summed E-state index contributed by atoms with van der Waals surface area (Å²) in [7, 11) is 3.32. The minimum Gasteiger partial charge on any atom is -0.493 e. The van der Waals surface area contributed by atoms with Gasteiger partial charge in [0.25, 0.3) is 0 Å². The van der Waals surface area contributed by atoms with Crippen LogP contribution in [0.4, 0.5) is 0 Å². The number of rotatable bonds is 5. The molecule has 6 heteroatoms. The molecule has 1 aliphatic rings. The second kappa shape index (κ2) is 8.22. The summed E-state index contributed by atoms with van der Waals surface area (Å²) < 4.78 is 11.7. The van der Waals surface area contributed by atoms with Gasteiger partial charge in [0.05, 0.1) is 14.2 Å². The zero-order chi connectivity index (χ0) is 14.7. The maximum absolute atomic E-state index is 5.79. The number of hydrogen-bond donors (Lipinski definition) is 1. The molecule has 1 aromatic rings. The number of nitrogens with zero attached hydrogens (tertiary/aromatic N) is 1. The molecule has 2 N–H and O–H groups in total. The van der Waals surface area contributed by atoms with Crippen molar-refractivity contribution in [2.75, 3.05) is 27.3 Å². The van der Waals surface area contributed by atoms with E-state index in [0.29, 0.717) is 12.0 Å². The molecule has 21 heavy (non-hydrogen) atoms. The number of ether oxygens (including phenoxy) is 2. The van der Waals surface area contributed by atoms with Gasteiger partial charge in [-0.05, 0) is 43.5 Å². The normalized spacial score (nSPS) is 22.0. The second-order valence-corrected chi connectivity index (χ2v) is 6.27. The van der Waals surface area contributed by atoms with Crippen LogP contribution in [-0.2, 0) is 6.54 Å².